The zero-order valence-corrected chi connectivity index (χ0v) is 17.4. The summed E-state index contributed by atoms with van der Waals surface area (Å²) in [6.45, 7) is 8.71. The second kappa shape index (κ2) is 7.62. The molecule has 8 nitrogen and oxygen atoms in total. The van der Waals surface area contributed by atoms with Gasteiger partial charge in [0.2, 0.25) is 0 Å². The first-order chi connectivity index (χ1) is 13.6. The molecule has 0 saturated heterocycles. The van der Waals surface area contributed by atoms with E-state index in [0.29, 0.717) is 11.1 Å². The van der Waals surface area contributed by atoms with Crippen LogP contribution in [0.5, 0.6) is 6.01 Å². The lowest BCUT2D eigenvalue weighted by molar-refractivity contribution is -0.155. The van der Waals surface area contributed by atoms with Crippen LogP contribution in [-0.2, 0) is 16.1 Å². The molecule has 29 heavy (non-hydrogen) atoms. The number of Topliss-reactive ketones (excluding diaryl/α,β-unsaturated/α-hetero) is 1. The van der Waals surface area contributed by atoms with Gasteiger partial charge >= 0.3 is 12.0 Å². The first kappa shape index (κ1) is 20.4. The summed E-state index contributed by atoms with van der Waals surface area (Å²) in [5, 5.41) is 5.07. The molecule has 3 rings (SSSR count). The van der Waals surface area contributed by atoms with Gasteiger partial charge < -0.3 is 9.47 Å². The molecule has 0 N–H and O–H groups in total. The van der Waals surface area contributed by atoms with Crippen molar-refractivity contribution in [2.75, 3.05) is 7.11 Å². The number of ether oxygens (including phenoxy) is 2. The summed E-state index contributed by atoms with van der Waals surface area (Å²) in [5.41, 5.74) is 2.93. The van der Waals surface area contributed by atoms with E-state index in [1.54, 1.807) is 12.4 Å². The second-order valence-corrected chi connectivity index (χ2v) is 7.80. The maximum absolute atomic E-state index is 12.3. The van der Waals surface area contributed by atoms with Crippen LogP contribution in [0.2, 0.25) is 0 Å². The van der Waals surface area contributed by atoms with E-state index in [2.05, 4.69) is 15.1 Å². The van der Waals surface area contributed by atoms with E-state index >= 15 is 0 Å². The highest BCUT2D eigenvalue weighted by Gasteiger charge is 2.22. The predicted octanol–water partition coefficient (Wildman–Crippen LogP) is 3.35. The third kappa shape index (κ3) is 4.42. The van der Waals surface area contributed by atoms with Crippen molar-refractivity contribution in [3.05, 3.63) is 35.8 Å². The van der Waals surface area contributed by atoms with Gasteiger partial charge in [-0.15, -0.1) is 0 Å². The summed E-state index contributed by atoms with van der Waals surface area (Å²) in [5.74, 6) is -0.593. The zero-order chi connectivity index (χ0) is 21.3. The number of rotatable bonds is 5. The summed E-state index contributed by atoms with van der Waals surface area (Å²) < 4.78 is 11.9. The number of benzene rings is 1. The lowest BCUT2D eigenvalue weighted by atomic mass is 10.0. The molecule has 0 saturated carbocycles. The van der Waals surface area contributed by atoms with E-state index in [-0.39, 0.29) is 18.3 Å². The number of aromatic nitrogens is 4. The molecule has 0 unspecified atom stereocenters. The topological polar surface area (TPSA) is 96.2 Å². The van der Waals surface area contributed by atoms with E-state index in [4.69, 9.17) is 9.47 Å². The van der Waals surface area contributed by atoms with Gasteiger partial charge in [0, 0.05) is 30.3 Å². The van der Waals surface area contributed by atoms with Crippen molar-refractivity contribution in [2.45, 2.75) is 46.8 Å². The largest absolute Gasteiger partial charge is 0.467 e. The zero-order valence-electron chi connectivity index (χ0n) is 17.4. The quantitative estimate of drug-likeness (QED) is 0.482. The molecule has 0 bridgehead atoms. The molecule has 2 heterocycles. The Morgan fingerprint density at radius 2 is 1.76 bits per heavy atom. The first-order valence-corrected chi connectivity index (χ1v) is 9.19. The van der Waals surface area contributed by atoms with Crippen LogP contribution in [0, 0.1) is 6.92 Å². The monoisotopic (exact) mass is 396 g/mol. The van der Waals surface area contributed by atoms with Gasteiger partial charge in [-0.3, -0.25) is 14.3 Å². The van der Waals surface area contributed by atoms with Crippen molar-refractivity contribution in [1.29, 1.82) is 0 Å². The van der Waals surface area contributed by atoms with Crippen LogP contribution in [0.3, 0.4) is 0 Å². The summed E-state index contributed by atoms with van der Waals surface area (Å²) in [6.07, 6.45) is 3.32. The van der Waals surface area contributed by atoms with E-state index in [9.17, 15) is 9.59 Å². The predicted molar refractivity (Wildman–Crippen MR) is 108 cm³/mol. The van der Waals surface area contributed by atoms with Crippen molar-refractivity contribution in [2.24, 2.45) is 0 Å². The van der Waals surface area contributed by atoms with Gasteiger partial charge in [-0.2, -0.15) is 5.10 Å². The molecule has 2 aromatic heterocycles. The van der Waals surface area contributed by atoms with Crippen LogP contribution in [0.25, 0.3) is 22.0 Å². The number of ketones is 1. The van der Waals surface area contributed by atoms with Gasteiger partial charge in [0.15, 0.2) is 5.78 Å². The van der Waals surface area contributed by atoms with Crippen molar-refractivity contribution < 1.29 is 19.1 Å². The van der Waals surface area contributed by atoms with Crippen LogP contribution < -0.4 is 4.74 Å². The average molecular weight is 396 g/mol. The highest BCUT2D eigenvalue weighted by atomic mass is 16.6. The number of carbonyl (C=O) groups excluding carboxylic acids is 2. The number of esters is 1. The summed E-state index contributed by atoms with van der Waals surface area (Å²) in [7, 11) is 1.50. The van der Waals surface area contributed by atoms with Crippen LogP contribution in [-0.4, -0.2) is 44.2 Å². The Hall–Kier alpha value is -3.29. The molecule has 0 aliphatic carbocycles. The summed E-state index contributed by atoms with van der Waals surface area (Å²) in [4.78, 5) is 32.8. The standard InChI is InChI=1S/C21H24N4O4/c1-12-7-14(15-9-22-20(28-6)23-10-15)8-16-18(13(2)26)24-25(19(12)16)11-17(27)29-21(3,4)5/h7-10H,11H2,1-6H3. The van der Waals surface area contributed by atoms with Crippen LogP contribution in [0.1, 0.15) is 43.7 Å². The van der Waals surface area contributed by atoms with Crippen molar-refractivity contribution in [1.82, 2.24) is 19.7 Å². The van der Waals surface area contributed by atoms with E-state index in [1.807, 2.05) is 39.8 Å². The number of nitrogens with zero attached hydrogens (tertiary/aromatic N) is 4. The van der Waals surface area contributed by atoms with Crippen molar-refractivity contribution in [3.63, 3.8) is 0 Å². The van der Waals surface area contributed by atoms with E-state index in [0.717, 1.165) is 22.2 Å². The Bertz CT molecular complexity index is 1080. The Balaban J connectivity index is 2.09. The molecular formula is C21H24N4O4. The van der Waals surface area contributed by atoms with E-state index in [1.165, 1.54) is 18.7 Å². The van der Waals surface area contributed by atoms with Crippen LogP contribution in [0.15, 0.2) is 24.5 Å². The minimum absolute atomic E-state index is 0.0765. The fraction of sp³-hybridized carbons (Fsp3) is 0.381. The lowest BCUT2D eigenvalue weighted by Gasteiger charge is -2.19. The number of hydrogen-bond acceptors (Lipinski definition) is 7. The van der Waals surface area contributed by atoms with Gasteiger partial charge in [0.05, 0.1) is 12.6 Å². The summed E-state index contributed by atoms with van der Waals surface area (Å²) >= 11 is 0. The van der Waals surface area contributed by atoms with Crippen molar-refractivity contribution in [3.8, 4) is 17.1 Å². The third-order valence-electron chi connectivity index (χ3n) is 4.21. The maximum atomic E-state index is 12.3. The van der Waals surface area contributed by atoms with Gasteiger partial charge in [-0.1, -0.05) is 0 Å². The molecule has 1 aromatic carbocycles. The number of hydrogen-bond donors (Lipinski definition) is 0. The Kier molecular flexibility index (Phi) is 5.37. The fourth-order valence-electron chi connectivity index (χ4n) is 3.14. The number of aryl methyl sites for hydroxylation is 1. The summed E-state index contributed by atoms with van der Waals surface area (Å²) in [6, 6.07) is 4.09. The van der Waals surface area contributed by atoms with Crippen molar-refractivity contribution >= 4 is 22.7 Å². The molecule has 3 aromatic rings. The van der Waals surface area contributed by atoms with Gasteiger partial charge in [0.1, 0.15) is 17.8 Å². The van der Waals surface area contributed by atoms with E-state index < -0.39 is 11.6 Å². The third-order valence-corrected chi connectivity index (χ3v) is 4.21. The molecule has 0 fully saturated rings. The van der Waals surface area contributed by atoms with Gasteiger partial charge in [-0.25, -0.2) is 9.97 Å². The SMILES string of the molecule is COc1ncc(-c2cc(C)c3c(c2)c(C(C)=O)nn3CC(=O)OC(C)(C)C)cn1. The molecule has 8 heteroatoms. The smallest absolute Gasteiger partial charge is 0.328 e. The highest BCUT2D eigenvalue weighted by molar-refractivity contribution is 6.06. The molecule has 0 amide bonds. The Morgan fingerprint density at radius 1 is 1.10 bits per heavy atom. The van der Waals surface area contributed by atoms with Gasteiger partial charge in [0.25, 0.3) is 0 Å². The molecular weight excluding hydrogens is 372 g/mol. The molecule has 152 valence electrons. The molecule has 0 spiro atoms. The molecule has 0 aliphatic heterocycles. The maximum Gasteiger partial charge on any atom is 0.328 e. The number of methoxy groups -OCH3 is 1. The van der Waals surface area contributed by atoms with Crippen LogP contribution in [0.4, 0.5) is 0 Å². The fourth-order valence-corrected chi connectivity index (χ4v) is 3.14. The Labute approximate surface area is 168 Å². The Morgan fingerprint density at radius 3 is 2.31 bits per heavy atom. The lowest BCUT2D eigenvalue weighted by Crippen LogP contribution is -2.27. The normalized spacial score (nSPS) is 11.5. The minimum atomic E-state index is -0.597. The highest BCUT2D eigenvalue weighted by Crippen LogP contribution is 2.30. The second-order valence-electron chi connectivity index (χ2n) is 7.80. The average Bonchev–Trinajstić information content (AvgIpc) is 2.99. The number of fused-ring (bicyclic) bond motifs is 1. The number of carbonyl (C=O) groups is 2. The molecule has 0 atom stereocenters. The van der Waals surface area contributed by atoms with Crippen LogP contribution >= 0.6 is 0 Å². The first-order valence-electron chi connectivity index (χ1n) is 9.19. The van der Waals surface area contributed by atoms with Gasteiger partial charge in [-0.05, 0) is 51.0 Å². The minimum Gasteiger partial charge on any atom is -0.467 e. The molecule has 0 radical (unpaired) electrons. The molecule has 0 aliphatic rings.